The summed E-state index contributed by atoms with van der Waals surface area (Å²) in [7, 11) is 0. The van der Waals surface area contributed by atoms with Crippen LogP contribution in [0.3, 0.4) is 0 Å². The van der Waals surface area contributed by atoms with Gasteiger partial charge in [0.1, 0.15) is 11.5 Å². The zero-order valence-corrected chi connectivity index (χ0v) is 26.5. The highest BCUT2D eigenvalue weighted by Crippen LogP contribution is 2.26. The molecule has 7 heteroatoms. The van der Waals surface area contributed by atoms with Crippen LogP contribution >= 0.6 is 0 Å². The Labute approximate surface area is 270 Å². The standard InChI is InChI=1S/C39H40N2O5/c1-3-5-7-9-11-29-14-18-33(19-15-29)39(43)45-35-26-22-31(23-27-35)37-40-36(41-46-37)30-20-24-34(25-21-30)44-38(42)32-16-12-28(13-17-32)10-8-6-4-2/h12-27H,3-11H2,1-2H3. The van der Waals surface area contributed by atoms with E-state index in [0.717, 1.165) is 25.7 Å². The Balaban J connectivity index is 1.13. The summed E-state index contributed by atoms with van der Waals surface area (Å²) in [4.78, 5) is 29.8. The number of ether oxygens (including phenoxy) is 2. The highest BCUT2D eigenvalue weighted by Gasteiger charge is 2.14. The number of aryl methyl sites for hydroxylation is 2. The van der Waals surface area contributed by atoms with Crippen molar-refractivity contribution in [1.82, 2.24) is 10.1 Å². The second kappa shape index (κ2) is 16.3. The molecule has 0 spiro atoms. The molecule has 0 bridgehead atoms. The third kappa shape index (κ3) is 9.00. The van der Waals surface area contributed by atoms with E-state index in [-0.39, 0.29) is 0 Å². The lowest BCUT2D eigenvalue weighted by atomic mass is 10.0. The van der Waals surface area contributed by atoms with Gasteiger partial charge < -0.3 is 14.0 Å². The molecule has 4 aromatic carbocycles. The van der Waals surface area contributed by atoms with Gasteiger partial charge in [-0.05, 0) is 110 Å². The number of hydrogen-bond acceptors (Lipinski definition) is 7. The van der Waals surface area contributed by atoms with Gasteiger partial charge in [-0.1, -0.05) is 75.4 Å². The number of esters is 2. The number of unbranched alkanes of at least 4 members (excludes halogenated alkanes) is 5. The predicted octanol–water partition coefficient (Wildman–Crippen LogP) is 9.70. The van der Waals surface area contributed by atoms with Crippen LogP contribution in [-0.4, -0.2) is 22.1 Å². The molecular weight excluding hydrogens is 576 g/mol. The van der Waals surface area contributed by atoms with Crippen molar-refractivity contribution in [3.8, 4) is 34.3 Å². The van der Waals surface area contributed by atoms with Gasteiger partial charge in [-0.25, -0.2) is 9.59 Å². The minimum absolute atomic E-state index is 0.330. The van der Waals surface area contributed by atoms with Gasteiger partial charge in [0.05, 0.1) is 11.1 Å². The van der Waals surface area contributed by atoms with Gasteiger partial charge in [0.25, 0.3) is 5.89 Å². The van der Waals surface area contributed by atoms with Gasteiger partial charge in [0.2, 0.25) is 5.82 Å². The van der Waals surface area contributed by atoms with E-state index in [9.17, 15) is 9.59 Å². The summed E-state index contributed by atoms with van der Waals surface area (Å²) >= 11 is 0. The summed E-state index contributed by atoms with van der Waals surface area (Å²) in [6, 6.07) is 29.1. The Morgan fingerprint density at radius 3 is 1.52 bits per heavy atom. The van der Waals surface area contributed by atoms with Gasteiger partial charge >= 0.3 is 11.9 Å². The van der Waals surface area contributed by atoms with Crippen LogP contribution in [0.5, 0.6) is 11.5 Å². The number of aromatic nitrogens is 2. The molecule has 5 rings (SSSR count). The largest absolute Gasteiger partial charge is 0.423 e. The predicted molar refractivity (Wildman–Crippen MR) is 179 cm³/mol. The van der Waals surface area contributed by atoms with Gasteiger partial charge in [-0.3, -0.25) is 0 Å². The van der Waals surface area contributed by atoms with Crippen molar-refractivity contribution >= 4 is 11.9 Å². The number of carbonyl (C=O) groups is 2. The minimum Gasteiger partial charge on any atom is -0.423 e. The summed E-state index contributed by atoms with van der Waals surface area (Å²) in [5.74, 6) is 0.759. The smallest absolute Gasteiger partial charge is 0.343 e. The Hall–Kier alpha value is -5.04. The first-order chi connectivity index (χ1) is 22.5. The van der Waals surface area contributed by atoms with Crippen LogP contribution in [0.2, 0.25) is 0 Å². The number of carbonyl (C=O) groups excluding carboxylic acids is 2. The summed E-state index contributed by atoms with van der Waals surface area (Å²) in [6.45, 7) is 4.39. The van der Waals surface area contributed by atoms with E-state index in [0.29, 0.717) is 45.5 Å². The third-order valence-electron chi connectivity index (χ3n) is 7.83. The number of benzene rings is 4. The maximum atomic E-state index is 12.7. The average Bonchev–Trinajstić information content (AvgIpc) is 3.58. The van der Waals surface area contributed by atoms with Crippen molar-refractivity contribution in [3.63, 3.8) is 0 Å². The average molecular weight is 617 g/mol. The molecule has 1 aromatic heterocycles. The SMILES string of the molecule is CCCCCCc1ccc(C(=O)Oc2ccc(-c3nc(-c4ccc(OC(=O)c5ccc(CCCCC)cc5)cc4)no3)cc2)cc1. The molecule has 0 N–H and O–H groups in total. The van der Waals surface area contributed by atoms with E-state index in [4.69, 9.17) is 14.0 Å². The molecule has 0 fully saturated rings. The number of rotatable bonds is 15. The van der Waals surface area contributed by atoms with Crippen molar-refractivity contribution in [2.24, 2.45) is 0 Å². The minimum atomic E-state index is -0.407. The summed E-state index contributed by atoms with van der Waals surface area (Å²) < 4.78 is 16.6. The molecule has 0 saturated heterocycles. The van der Waals surface area contributed by atoms with Crippen LogP contribution < -0.4 is 9.47 Å². The van der Waals surface area contributed by atoms with Crippen molar-refractivity contribution < 1.29 is 23.6 Å². The number of nitrogens with zero attached hydrogens (tertiary/aromatic N) is 2. The van der Waals surface area contributed by atoms with Crippen molar-refractivity contribution in [2.45, 2.75) is 71.6 Å². The highest BCUT2D eigenvalue weighted by molar-refractivity contribution is 5.91. The maximum absolute atomic E-state index is 12.7. The highest BCUT2D eigenvalue weighted by atomic mass is 16.5. The molecule has 0 aliphatic carbocycles. The van der Waals surface area contributed by atoms with Crippen LogP contribution in [0, 0.1) is 0 Å². The lowest BCUT2D eigenvalue weighted by molar-refractivity contribution is 0.0725. The molecule has 0 unspecified atom stereocenters. The van der Waals surface area contributed by atoms with Crippen LogP contribution in [-0.2, 0) is 12.8 Å². The lowest BCUT2D eigenvalue weighted by Crippen LogP contribution is -2.08. The zero-order valence-electron chi connectivity index (χ0n) is 26.5. The lowest BCUT2D eigenvalue weighted by Gasteiger charge is -2.06. The van der Waals surface area contributed by atoms with Gasteiger partial charge in [-0.15, -0.1) is 0 Å². The fourth-order valence-electron chi connectivity index (χ4n) is 5.08. The van der Waals surface area contributed by atoms with Gasteiger partial charge in [0, 0.05) is 11.1 Å². The monoisotopic (exact) mass is 616 g/mol. The van der Waals surface area contributed by atoms with E-state index in [2.05, 4.69) is 24.0 Å². The first-order valence-corrected chi connectivity index (χ1v) is 16.2. The Bertz CT molecular complexity index is 1690. The molecule has 0 amide bonds. The van der Waals surface area contributed by atoms with Crippen LogP contribution in [0.15, 0.2) is 102 Å². The van der Waals surface area contributed by atoms with E-state index in [1.165, 1.54) is 43.2 Å². The number of hydrogen-bond donors (Lipinski definition) is 0. The van der Waals surface area contributed by atoms with Crippen molar-refractivity contribution in [2.75, 3.05) is 0 Å². The summed E-state index contributed by atoms with van der Waals surface area (Å²) in [5, 5.41) is 4.10. The molecule has 5 aromatic rings. The third-order valence-corrected chi connectivity index (χ3v) is 7.83. The molecule has 7 nitrogen and oxygen atoms in total. The van der Waals surface area contributed by atoms with E-state index < -0.39 is 11.9 Å². The second-order valence-corrected chi connectivity index (χ2v) is 11.4. The topological polar surface area (TPSA) is 91.5 Å². The van der Waals surface area contributed by atoms with E-state index >= 15 is 0 Å². The quantitative estimate of drug-likeness (QED) is 0.0657. The molecule has 0 atom stereocenters. The fourth-order valence-corrected chi connectivity index (χ4v) is 5.08. The molecule has 46 heavy (non-hydrogen) atoms. The summed E-state index contributed by atoms with van der Waals surface area (Å²) in [6.07, 6.45) is 10.4. The molecule has 0 radical (unpaired) electrons. The molecular formula is C39H40N2O5. The van der Waals surface area contributed by atoms with Crippen LogP contribution in [0.25, 0.3) is 22.8 Å². The van der Waals surface area contributed by atoms with E-state index in [1.807, 2.05) is 48.5 Å². The Morgan fingerprint density at radius 1 is 0.565 bits per heavy atom. The summed E-state index contributed by atoms with van der Waals surface area (Å²) in [5.41, 5.74) is 4.86. The van der Waals surface area contributed by atoms with Crippen molar-refractivity contribution in [1.29, 1.82) is 0 Å². The Morgan fingerprint density at radius 2 is 1.02 bits per heavy atom. The normalized spacial score (nSPS) is 10.9. The van der Waals surface area contributed by atoms with Gasteiger partial charge in [0.15, 0.2) is 0 Å². The fraction of sp³-hybridized carbons (Fsp3) is 0.282. The van der Waals surface area contributed by atoms with Crippen LogP contribution in [0.1, 0.15) is 90.6 Å². The first kappa shape index (κ1) is 32.4. The van der Waals surface area contributed by atoms with Gasteiger partial charge in [-0.2, -0.15) is 4.98 Å². The Kier molecular flexibility index (Phi) is 11.5. The maximum Gasteiger partial charge on any atom is 0.343 e. The molecule has 1 heterocycles. The molecule has 0 aliphatic rings. The van der Waals surface area contributed by atoms with E-state index in [1.54, 1.807) is 48.5 Å². The molecule has 236 valence electrons. The molecule has 0 aliphatic heterocycles. The first-order valence-electron chi connectivity index (χ1n) is 16.2. The molecule has 0 saturated carbocycles. The zero-order chi connectivity index (χ0) is 32.1. The van der Waals surface area contributed by atoms with Crippen molar-refractivity contribution in [3.05, 3.63) is 119 Å². The second-order valence-electron chi connectivity index (χ2n) is 11.4. The van der Waals surface area contributed by atoms with Crippen LogP contribution in [0.4, 0.5) is 0 Å².